The highest BCUT2D eigenvalue weighted by Gasteiger charge is 2.12. The van der Waals surface area contributed by atoms with Crippen LogP contribution >= 0.6 is 11.3 Å². The maximum absolute atomic E-state index is 4.44. The van der Waals surface area contributed by atoms with Crippen LogP contribution in [0.2, 0.25) is 0 Å². The lowest BCUT2D eigenvalue weighted by Crippen LogP contribution is -2.38. The van der Waals surface area contributed by atoms with Crippen molar-refractivity contribution in [3.63, 3.8) is 0 Å². The van der Waals surface area contributed by atoms with Gasteiger partial charge in [-0.25, -0.2) is 0 Å². The molecule has 0 saturated carbocycles. The summed E-state index contributed by atoms with van der Waals surface area (Å²) >= 11 is 1.72. The van der Waals surface area contributed by atoms with Gasteiger partial charge in [-0.15, -0.1) is 0 Å². The van der Waals surface area contributed by atoms with Crippen LogP contribution in [0.1, 0.15) is 22.5 Å². The molecule has 0 radical (unpaired) electrons. The summed E-state index contributed by atoms with van der Waals surface area (Å²) in [6, 6.07) is 2.14. The highest BCUT2D eigenvalue weighted by molar-refractivity contribution is 7.07. The zero-order chi connectivity index (χ0) is 15.4. The Hall–Kier alpha value is -1.82. The quantitative estimate of drug-likeness (QED) is 0.696. The van der Waals surface area contributed by atoms with Crippen LogP contribution in [0.4, 0.5) is 0 Å². The summed E-state index contributed by atoms with van der Waals surface area (Å²) in [7, 11) is 5.84. The van der Waals surface area contributed by atoms with Crippen molar-refractivity contribution in [1.82, 2.24) is 20.0 Å². The van der Waals surface area contributed by atoms with Crippen LogP contribution in [0.25, 0.3) is 0 Å². The third-order valence-corrected chi connectivity index (χ3v) is 4.39. The van der Waals surface area contributed by atoms with E-state index in [9.17, 15) is 0 Å². The van der Waals surface area contributed by atoms with E-state index < -0.39 is 0 Å². The summed E-state index contributed by atoms with van der Waals surface area (Å²) in [5, 5.41) is 12.1. The number of aryl methyl sites for hydroxylation is 2. The molecule has 0 aliphatic rings. The van der Waals surface area contributed by atoms with Crippen LogP contribution in [0.3, 0.4) is 0 Å². The second kappa shape index (κ2) is 6.76. The average Bonchev–Trinajstić information content (AvgIpc) is 3.02. The molecule has 0 amide bonds. The fraction of sp³-hybridized carbons (Fsp3) is 0.467. The Morgan fingerprint density at radius 3 is 2.76 bits per heavy atom. The van der Waals surface area contributed by atoms with Crippen molar-refractivity contribution >= 4 is 17.3 Å². The molecule has 0 unspecified atom stereocenters. The van der Waals surface area contributed by atoms with Crippen molar-refractivity contribution in [2.75, 3.05) is 14.1 Å². The van der Waals surface area contributed by atoms with Crippen molar-refractivity contribution in [2.45, 2.75) is 26.9 Å². The number of aromatic nitrogens is 2. The molecule has 114 valence electrons. The van der Waals surface area contributed by atoms with E-state index in [1.807, 2.05) is 25.7 Å². The van der Waals surface area contributed by atoms with Gasteiger partial charge in [0.2, 0.25) is 0 Å². The molecule has 0 aromatic carbocycles. The van der Waals surface area contributed by atoms with Crippen LogP contribution in [0.5, 0.6) is 0 Å². The minimum atomic E-state index is 0.742. The van der Waals surface area contributed by atoms with Gasteiger partial charge in [0.15, 0.2) is 5.96 Å². The van der Waals surface area contributed by atoms with Crippen LogP contribution < -0.4 is 5.32 Å². The Kier molecular flexibility index (Phi) is 5.01. The molecular weight excluding hydrogens is 282 g/mol. The predicted molar refractivity (Wildman–Crippen MR) is 88.7 cm³/mol. The first-order chi connectivity index (χ1) is 10.0. The zero-order valence-corrected chi connectivity index (χ0v) is 14.2. The molecule has 0 spiro atoms. The van der Waals surface area contributed by atoms with Crippen molar-refractivity contribution in [3.05, 3.63) is 39.3 Å². The monoisotopic (exact) mass is 305 g/mol. The number of thiophene rings is 1. The molecule has 0 bridgehead atoms. The standard InChI is InChI=1S/C15H23N5S/c1-11-14(12(2)20(5)18-11)8-17-15(16-3)19(4)9-13-6-7-21-10-13/h6-7,10H,8-9H2,1-5H3,(H,16,17). The van der Waals surface area contributed by atoms with Gasteiger partial charge in [-0.2, -0.15) is 16.4 Å². The molecule has 0 aliphatic carbocycles. The number of nitrogens with one attached hydrogen (secondary N) is 1. The van der Waals surface area contributed by atoms with Gasteiger partial charge in [0.1, 0.15) is 0 Å². The third-order valence-electron chi connectivity index (χ3n) is 3.66. The lowest BCUT2D eigenvalue weighted by molar-refractivity contribution is 0.477. The Morgan fingerprint density at radius 1 is 1.48 bits per heavy atom. The maximum atomic E-state index is 4.44. The Balaban J connectivity index is 1.99. The fourth-order valence-electron chi connectivity index (χ4n) is 2.36. The van der Waals surface area contributed by atoms with E-state index >= 15 is 0 Å². The van der Waals surface area contributed by atoms with Crippen LogP contribution in [-0.4, -0.2) is 34.7 Å². The smallest absolute Gasteiger partial charge is 0.193 e. The molecule has 1 N–H and O–H groups in total. The molecule has 2 heterocycles. The molecule has 2 aromatic heterocycles. The largest absolute Gasteiger partial charge is 0.352 e. The van der Waals surface area contributed by atoms with Crippen molar-refractivity contribution in [1.29, 1.82) is 0 Å². The maximum Gasteiger partial charge on any atom is 0.193 e. The van der Waals surface area contributed by atoms with E-state index in [0.29, 0.717) is 0 Å². The molecule has 2 rings (SSSR count). The van der Waals surface area contributed by atoms with Gasteiger partial charge in [-0.3, -0.25) is 9.67 Å². The van der Waals surface area contributed by atoms with Crippen LogP contribution in [0, 0.1) is 13.8 Å². The summed E-state index contributed by atoms with van der Waals surface area (Å²) in [5.74, 6) is 0.892. The summed E-state index contributed by atoms with van der Waals surface area (Å²) in [6.07, 6.45) is 0. The highest BCUT2D eigenvalue weighted by Crippen LogP contribution is 2.12. The molecule has 0 atom stereocenters. The van der Waals surface area contributed by atoms with Crippen LogP contribution in [-0.2, 0) is 20.1 Å². The van der Waals surface area contributed by atoms with Gasteiger partial charge in [-0.1, -0.05) is 0 Å². The molecule has 0 saturated heterocycles. The number of hydrogen-bond acceptors (Lipinski definition) is 3. The van der Waals surface area contributed by atoms with Gasteiger partial charge in [0.05, 0.1) is 5.69 Å². The molecule has 6 heteroatoms. The lowest BCUT2D eigenvalue weighted by atomic mass is 10.2. The fourth-order valence-corrected chi connectivity index (χ4v) is 3.02. The first-order valence-electron chi connectivity index (χ1n) is 6.95. The third kappa shape index (κ3) is 3.64. The number of guanidine groups is 1. The second-order valence-electron chi connectivity index (χ2n) is 5.16. The van der Waals surface area contributed by atoms with Gasteiger partial charge >= 0.3 is 0 Å². The summed E-state index contributed by atoms with van der Waals surface area (Å²) < 4.78 is 1.92. The van der Waals surface area contributed by atoms with Gasteiger partial charge in [0.25, 0.3) is 0 Å². The predicted octanol–water partition coefficient (Wildman–Crippen LogP) is 2.31. The molecule has 0 fully saturated rings. The van der Waals surface area contributed by atoms with Crippen molar-refractivity contribution in [3.8, 4) is 0 Å². The average molecular weight is 305 g/mol. The number of nitrogens with zero attached hydrogens (tertiary/aromatic N) is 4. The molecule has 5 nitrogen and oxygen atoms in total. The normalized spacial score (nSPS) is 11.8. The molecular formula is C15H23N5S. The van der Waals surface area contributed by atoms with Gasteiger partial charge < -0.3 is 10.2 Å². The summed E-state index contributed by atoms with van der Waals surface area (Å²) in [6.45, 7) is 5.73. The van der Waals surface area contributed by atoms with E-state index in [1.54, 1.807) is 11.3 Å². The van der Waals surface area contributed by atoms with E-state index in [4.69, 9.17) is 0 Å². The minimum Gasteiger partial charge on any atom is -0.352 e. The molecule has 21 heavy (non-hydrogen) atoms. The molecule has 0 aliphatic heterocycles. The summed E-state index contributed by atoms with van der Waals surface area (Å²) in [5.41, 5.74) is 4.80. The Bertz CT molecular complexity index is 612. The topological polar surface area (TPSA) is 45.5 Å². The Morgan fingerprint density at radius 2 is 2.24 bits per heavy atom. The lowest BCUT2D eigenvalue weighted by Gasteiger charge is -2.21. The number of aliphatic imine (C=N–C) groups is 1. The number of hydrogen-bond donors (Lipinski definition) is 1. The van der Waals surface area contributed by atoms with Crippen molar-refractivity contribution in [2.24, 2.45) is 12.0 Å². The first kappa shape index (κ1) is 15.6. The highest BCUT2D eigenvalue weighted by atomic mass is 32.1. The summed E-state index contributed by atoms with van der Waals surface area (Å²) in [4.78, 5) is 6.49. The van der Waals surface area contributed by atoms with E-state index in [0.717, 1.165) is 24.7 Å². The van der Waals surface area contributed by atoms with Gasteiger partial charge in [0, 0.05) is 45.5 Å². The molecule has 2 aromatic rings. The van der Waals surface area contributed by atoms with E-state index in [2.05, 4.69) is 51.1 Å². The second-order valence-corrected chi connectivity index (χ2v) is 5.94. The first-order valence-corrected chi connectivity index (χ1v) is 7.89. The number of rotatable bonds is 4. The van der Waals surface area contributed by atoms with E-state index in [1.165, 1.54) is 16.8 Å². The van der Waals surface area contributed by atoms with Gasteiger partial charge in [-0.05, 0) is 36.2 Å². The Labute approximate surface area is 130 Å². The minimum absolute atomic E-state index is 0.742. The SMILES string of the molecule is CN=C(NCc1c(C)nn(C)c1C)N(C)Cc1ccsc1. The zero-order valence-electron chi connectivity index (χ0n) is 13.3. The van der Waals surface area contributed by atoms with E-state index in [-0.39, 0.29) is 0 Å². The van der Waals surface area contributed by atoms with Crippen LogP contribution in [0.15, 0.2) is 21.8 Å². The van der Waals surface area contributed by atoms with Crippen molar-refractivity contribution < 1.29 is 0 Å².